The molecule has 0 fully saturated rings. The maximum absolute atomic E-state index is 14.0. The third kappa shape index (κ3) is 5.24. The summed E-state index contributed by atoms with van der Waals surface area (Å²) in [6.45, 7) is 0. The van der Waals surface area contributed by atoms with Gasteiger partial charge in [0, 0.05) is 22.5 Å². The molecule has 0 heterocycles. The summed E-state index contributed by atoms with van der Waals surface area (Å²) in [7, 11) is 0. The lowest BCUT2D eigenvalue weighted by molar-refractivity contribution is -0.376. The van der Waals surface area contributed by atoms with Gasteiger partial charge in [0.2, 0.25) is 0 Å². The maximum atomic E-state index is 14.0. The van der Waals surface area contributed by atoms with Crippen LogP contribution < -0.4 is 11.5 Å². The third-order valence-electron chi connectivity index (χ3n) is 5.57. The second-order valence-corrected chi connectivity index (χ2v) is 8.08. The molecule has 0 saturated carbocycles. The van der Waals surface area contributed by atoms with Gasteiger partial charge in [-0.25, -0.2) is 0 Å². The van der Waals surface area contributed by atoms with Gasteiger partial charge in [-0.05, 0) is 35.4 Å². The molecule has 0 aliphatic carbocycles. The van der Waals surface area contributed by atoms with E-state index in [1.807, 2.05) is 0 Å². The normalized spacial score (nSPS) is 14.7. The average Bonchev–Trinajstić information content (AvgIpc) is 2.71. The number of alkyl halides is 15. The Labute approximate surface area is 206 Å². The van der Waals surface area contributed by atoms with Crippen molar-refractivity contribution >= 4 is 11.4 Å². The molecule has 0 aromatic heterocycles. The Kier molecular flexibility index (Phi) is 7.61. The zero-order chi connectivity index (χ0) is 30.8. The van der Waals surface area contributed by atoms with Crippen LogP contribution in [0.15, 0.2) is 36.4 Å². The average molecular weight is 598 g/mol. The van der Waals surface area contributed by atoms with Crippen molar-refractivity contribution < 1.29 is 76.1 Å². The van der Waals surface area contributed by atoms with Crippen LogP contribution in [0.3, 0.4) is 0 Å². The molecule has 0 radical (unpaired) electrons. The number of rotatable bonds is 4. The van der Waals surface area contributed by atoms with Crippen LogP contribution in [0.1, 0.15) is 28.2 Å². The minimum atomic E-state index is -6.62. The van der Waals surface area contributed by atoms with Crippen molar-refractivity contribution in [2.75, 3.05) is 11.5 Å². The molecule has 0 spiro atoms. The van der Waals surface area contributed by atoms with Crippen molar-refractivity contribution in [3.8, 4) is 0 Å². The summed E-state index contributed by atoms with van der Waals surface area (Å²) in [5.41, 5.74) is -12.5. The Balaban J connectivity index is 2.95. The number of nitrogens with two attached hydrogens (primary N) is 2. The first-order valence-corrected chi connectivity index (χ1v) is 9.70. The van der Waals surface area contributed by atoms with Gasteiger partial charge in [0.15, 0.2) is 0 Å². The van der Waals surface area contributed by atoms with E-state index in [1.54, 1.807) is 0 Å². The molecule has 220 valence electrons. The zero-order valence-corrected chi connectivity index (χ0v) is 18.3. The number of hydrogen-bond acceptors (Lipinski definition) is 4. The summed E-state index contributed by atoms with van der Waals surface area (Å²) in [5, 5.41) is 19.1. The smallest absolute Gasteiger partial charge is 0.398 e. The molecule has 0 saturated heterocycles. The highest BCUT2D eigenvalue weighted by Gasteiger charge is 2.73. The molecule has 0 aliphatic heterocycles. The molecule has 6 N–H and O–H groups in total. The number of aliphatic hydroxyl groups is 2. The van der Waals surface area contributed by atoms with Crippen molar-refractivity contribution in [3.63, 3.8) is 0 Å². The number of hydrogen-bond donors (Lipinski definition) is 4. The molecule has 19 heteroatoms. The van der Waals surface area contributed by atoms with E-state index in [-0.39, 0.29) is 24.3 Å². The SMILES string of the molecule is Nc1ccc(C(c2ccc(N)c(C(O)(C(F)(F)F)C(F)(F)F)c2)C(F)(F)F)cc1C(O)(C(F)(F)F)C(F)(F)F. The molecule has 2 rings (SSSR count). The van der Waals surface area contributed by atoms with Crippen molar-refractivity contribution in [3.05, 3.63) is 58.7 Å². The van der Waals surface area contributed by atoms with E-state index in [9.17, 15) is 76.1 Å². The minimum absolute atomic E-state index is 0.0752. The van der Waals surface area contributed by atoms with Gasteiger partial charge in [0.25, 0.3) is 11.2 Å². The lowest BCUT2D eigenvalue weighted by Gasteiger charge is -2.35. The highest BCUT2D eigenvalue weighted by atomic mass is 19.4. The fourth-order valence-electron chi connectivity index (χ4n) is 3.64. The van der Waals surface area contributed by atoms with Gasteiger partial charge in [0.05, 0.1) is 0 Å². The van der Waals surface area contributed by atoms with E-state index in [0.717, 1.165) is 0 Å². The topological polar surface area (TPSA) is 92.5 Å². The predicted molar refractivity (Wildman–Crippen MR) is 102 cm³/mol. The molecule has 0 unspecified atom stereocenters. The predicted octanol–water partition coefficient (Wildman–Crippen LogP) is 6.17. The Morgan fingerprint density at radius 2 is 0.744 bits per heavy atom. The Bertz CT molecular complexity index is 1090. The van der Waals surface area contributed by atoms with E-state index in [1.165, 1.54) is 0 Å². The quantitative estimate of drug-likeness (QED) is 0.250. The standard InChI is InChI=1S/C20H13F15N2O2/c21-16(22,23)13(7-1-3-11(36)9(5-7)14(38,17(24,25)26)18(27,28)29)8-2-4-12(37)10(6-8)15(39,19(30,31)32)20(33,34)35/h1-6,13,38-39H,36-37H2. The highest BCUT2D eigenvalue weighted by Crippen LogP contribution is 2.54. The fraction of sp³-hybridized carbons (Fsp3) is 0.400. The van der Waals surface area contributed by atoms with Gasteiger partial charge in [-0.3, -0.25) is 0 Å². The van der Waals surface area contributed by atoms with E-state index in [2.05, 4.69) is 0 Å². The van der Waals surface area contributed by atoms with Crippen LogP contribution in [-0.2, 0) is 11.2 Å². The Morgan fingerprint density at radius 1 is 0.487 bits per heavy atom. The van der Waals surface area contributed by atoms with Crippen LogP contribution in [0.25, 0.3) is 0 Å². The first-order valence-electron chi connectivity index (χ1n) is 9.70. The second-order valence-electron chi connectivity index (χ2n) is 8.08. The molecule has 0 atom stereocenters. The molecular weight excluding hydrogens is 585 g/mol. The molecule has 0 amide bonds. The van der Waals surface area contributed by atoms with Crippen LogP contribution >= 0.6 is 0 Å². The Morgan fingerprint density at radius 3 is 0.949 bits per heavy atom. The molecule has 39 heavy (non-hydrogen) atoms. The van der Waals surface area contributed by atoms with Gasteiger partial charge < -0.3 is 21.7 Å². The highest BCUT2D eigenvalue weighted by molar-refractivity contribution is 5.57. The number of halogens is 15. The van der Waals surface area contributed by atoms with E-state index < -0.39 is 93.8 Å². The van der Waals surface area contributed by atoms with E-state index in [4.69, 9.17) is 11.5 Å². The molecule has 2 aromatic carbocycles. The molecule has 2 aromatic rings. The van der Waals surface area contributed by atoms with Crippen molar-refractivity contribution in [2.24, 2.45) is 0 Å². The summed E-state index contributed by atoms with van der Waals surface area (Å²) in [4.78, 5) is 0. The fourth-order valence-corrected chi connectivity index (χ4v) is 3.64. The monoisotopic (exact) mass is 598 g/mol. The largest absolute Gasteiger partial charge is 0.430 e. The van der Waals surface area contributed by atoms with Gasteiger partial charge in [-0.15, -0.1) is 0 Å². The third-order valence-corrected chi connectivity index (χ3v) is 5.57. The minimum Gasteiger partial charge on any atom is -0.398 e. The van der Waals surface area contributed by atoms with Gasteiger partial charge in [-0.2, -0.15) is 65.9 Å². The van der Waals surface area contributed by atoms with Crippen LogP contribution in [0.4, 0.5) is 77.2 Å². The summed E-state index contributed by atoms with van der Waals surface area (Å²) in [6, 6.07) is -0.480. The zero-order valence-electron chi connectivity index (χ0n) is 18.3. The molecule has 4 nitrogen and oxygen atoms in total. The second kappa shape index (κ2) is 9.24. The molecule has 0 aliphatic rings. The summed E-state index contributed by atoms with van der Waals surface area (Å²) >= 11 is 0. The van der Waals surface area contributed by atoms with Crippen molar-refractivity contribution in [1.82, 2.24) is 0 Å². The number of nitrogen functional groups attached to an aromatic ring is 2. The lowest BCUT2D eigenvalue weighted by atomic mass is 9.82. The summed E-state index contributed by atoms with van der Waals surface area (Å²) < 4.78 is 202. The van der Waals surface area contributed by atoms with E-state index in [0.29, 0.717) is 0 Å². The van der Waals surface area contributed by atoms with Crippen molar-refractivity contribution in [1.29, 1.82) is 0 Å². The van der Waals surface area contributed by atoms with Crippen LogP contribution in [0, 0.1) is 0 Å². The Hall–Kier alpha value is -3.09. The van der Waals surface area contributed by atoms with Crippen molar-refractivity contribution in [2.45, 2.75) is 48.0 Å². The summed E-state index contributed by atoms with van der Waals surface area (Å²) in [5.74, 6) is -3.51. The summed E-state index contributed by atoms with van der Waals surface area (Å²) in [6.07, 6.45) is -32.3. The van der Waals surface area contributed by atoms with Gasteiger partial charge in [0.1, 0.15) is 5.92 Å². The first kappa shape index (κ1) is 32.1. The lowest BCUT2D eigenvalue weighted by Crippen LogP contribution is -2.54. The van der Waals surface area contributed by atoms with Crippen LogP contribution in [0.5, 0.6) is 0 Å². The first-order chi connectivity index (χ1) is 17.1. The number of anilines is 2. The van der Waals surface area contributed by atoms with Gasteiger partial charge in [-0.1, -0.05) is 12.1 Å². The van der Waals surface area contributed by atoms with E-state index >= 15 is 0 Å². The maximum Gasteiger partial charge on any atom is 0.430 e. The van der Waals surface area contributed by atoms with Crippen LogP contribution in [-0.4, -0.2) is 41.1 Å². The van der Waals surface area contributed by atoms with Gasteiger partial charge >= 0.3 is 30.9 Å². The van der Waals surface area contributed by atoms with Crippen LogP contribution in [0.2, 0.25) is 0 Å². The number of benzene rings is 2. The molecular formula is C20H13F15N2O2. The molecule has 0 bridgehead atoms.